The Morgan fingerprint density at radius 1 is 1.27 bits per heavy atom. The van der Waals surface area contributed by atoms with Crippen LogP contribution in [0.2, 0.25) is 0 Å². The number of hydrogen-bond acceptors (Lipinski definition) is 7. The van der Waals surface area contributed by atoms with Crippen molar-refractivity contribution in [2.45, 2.75) is 31.8 Å². The summed E-state index contributed by atoms with van der Waals surface area (Å²) >= 11 is 0. The number of anilines is 1. The van der Waals surface area contributed by atoms with Crippen molar-refractivity contribution in [1.29, 1.82) is 0 Å². The molecule has 3 rings (SSSR count). The van der Waals surface area contributed by atoms with E-state index in [2.05, 4.69) is 15.5 Å². The molecule has 0 bridgehead atoms. The number of fused-ring (bicyclic) bond motifs is 1. The van der Waals surface area contributed by atoms with Crippen LogP contribution in [-0.2, 0) is 4.79 Å². The first-order valence-electron chi connectivity index (χ1n) is 10.5. The number of ether oxygens (including phenoxy) is 2. The van der Waals surface area contributed by atoms with Gasteiger partial charge < -0.3 is 35.2 Å². The van der Waals surface area contributed by atoms with Crippen molar-refractivity contribution in [3.05, 3.63) is 17.7 Å². The highest BCUT2D eigenvalue weighted by Gasteiger charge is 2.29. The molecule has 9 nitrogen and oxygen atoms in total. The molecule has 0 radical (unpaired) electrons. The fraction of sp³-hybridized carbons (Fsp3) is 0.619. The van der Waals surface area contributed by atoms with Gasteiger partial charge in [-0.25, -0.2) is 0 Å². The Bertz CT molecular complexity index is 757. The second-order valence-corrected chi connectivity index (χ2v) is 7.78. The lowest BCUT2D eigenvalue weighted by atomic mass is 9.93. The van der Waals surface area contributed by atoms with E-state index in [9.17, 15) is 14.7 Å². The van der Waals surface area contributed by atoms with E-state index < -0.39 is 12.1 Å². The largest absolute Gasteiger partial charge is 0.489 e. The number of nitrogens with one attached hydrogen (secondary N) is 2. The maximum Gasteiger partial charge on any atom is 0.303 e. The number of nitrogens with zero attached hydrogens (tertiary/aromatic N) is 1. The van der Waals surface area contributed by atoms with E-state index in [0.29, 0.717) is 56.3 Å². The van der Waals surface area contributed by atoms with Gasteiger partial charge in [0.15, 0.2) is 11.5 Å². The summed E-state index contributed by atoms with van der Waals surface area (Å²) in [6, 6.07) is 3.56. The summed E-state index contributed by atoms with van der Waals surface area (Å²) in [4.78, 5) is 25.6. The van der Waals surface area contributed by atoms with Gasteiger partial charge in [0.25, 0.3) is 5.91 Å². The number of likely N-dealkylation sites (tertiary alicyclic amines) is 1. The molecule has 4 N–H and O–H groups in total. The van der Waals surface area contributed by atoms with E-state index in [1.165, 1.54) is 0 Å². The topological polar surface area (TPSA) is 120 Å². The van der Waals surface area contributed by atoms with Crippen LogP contribution in [0.25, 0.3) is 0 Å². The van der Waals surface area contributed by atoms with E-state index in [0.717, 1.165) is 25.1 Å². The number of aliphatic carboxylic acids is 1. The molecule has 1 saturated heterocycles. The third-order valence-electron chi connectivity index (χ3n) is 5.58. The van der Waals surface area contributed by atoms with Gasteiger partial charge in [0, 0.05) is 50.7 Å². The summed E-state index contributed by atoms with van der Waals surface area (Å²) in [6.45, 7) is 3.31. The second-order valence-electron chi connectivity index (χ2n) is 7.78. The van der Waals surface area contributed by atoms with Crippen LogP contribution in [0.15, 0.2) is 12.1 Å². The second kappa shape index (κ2) is 10.5. The first kappa shape index (κ1) is 22.2. The average molecular weight is 421 g/mol. The molecule has 0 aromatic heterocycles. The number of β-amino-alcohol motifs (C(OH)–C–C–N with tert-alkyl or cyclic N) is 1. The van der Waals surface area contributed by atoms with E-state index in [-0.39, 0.29) is 18.2 Å². The van der Waals surface area contributed by atoms with Crippen LogP contribution in [0, 0.1) is 5.92 Å². The fourth-order valence-electron chi connectivity index (χ4n) is 3.85. The van der Waals surface area contributed by atoms with Crippen LogP contribution < -0.4 is 20.1 Å². The number of hydrogen-bond donors (Lipinski definition) is 4. The Morgan fingerprint density at radius 3 is 2.80 bits per heavy atom. The zero-order valence-corrected chi connectivity index (χ0v) is 17.4. The summed E-state index contributed by atoms with van der Waals surface area (Å²) < 4.78 is 11.5. The predicted octanol–water partition coefficient (Wildman–Crippen LogP) is 1.17. The Kier molecular flexibility index (Phi) is 7.75. The van der Waals surface area contributed by atoms with Crippen LogP contribution in [-0.4, -0.2) is 79.5 Å². The van der Waals surface area contributed by atoms with Crippen molar-refractivity contribution in [2.75, 3.05) is 51.8 Å². The highest BCUT2D eigenvalue weighted by atomic mass is 16.5. The standard InChI is InChI=1S/C21H31N3O6/c1-22-15-10-16(20-18(11-15)29-8-3-9-30-20)21(28)23-12-14-5-7-24(13-17(14)25)6-2-4-19(26)27/h10-11,14,17,22,25H,2-9,12-13H2,1H3,(H,23,28)(H,26,27)/t14-,17+/m0/s1. The maximum absolute atomic E-state index is 12.9. The number of carbonyl (C=O) groups is 2. The molecule has 2 aliphatic rings. The van der Waals surface area contributed by atoms with Gasteiger partial charge in [-0.3, -0.25) is 9.59 Å². The molecule has 0 unspecified atom stereocenters. The molecule has 1 aromatic rings. The Labute approximate surface area is 176 Å². The molecule has 1 fully saturated rings. The molecule has 2 atom stereocenters. The molecule has 0 saturated carbocycles. The molecular formula is C21H31N3O6. The van der Waals surface area contributed by atoms with Crippen molar-refractivity contribution in [3.63, 3.8) is 0 Å². The minimum atomic E-state index is -0.803. The van der Waals surface area contributed by atoms with E-state index in [4.69, 9.17) is 14.6 Å². The van der Waals surface area contributed by atoms with Crippen molar-refractivity contribution >= 4 is 17.6 Å². The molecule has 166 valence electrons. The number of aliphatic hydroxyl groups is 1. The van der Waals surface area contributed by atoms with E-state index in [1.54, 1.807) is 13.1 Å². The number of carboxylic acids is 1. The number of aliphatic hydroxyl groups excluding tert-OH is 1. The molecule has 2 heterocycles. The normalized spacial score (nSPS) is 21.5. The molecule has 1 amide bonds. The van der Waals surface area contributed by atoms with Crippen LogP contribution in [0.3, 0.4) is 0 Å². The number of carbonyl (C=O) groups excluding carboxylic acids is 1. The summed E-state index contributed by atoms with van der Waals surface area (Å²) in [6.07, 6.45) is 1.63. The lowest BCUT2D eigenvalue weighted by Crippen LogP contribution is -2.47. The van der Waals surface area contributed by atoms with Crippen molar-refractivity contribution in [2.24, 2.45) is 5.92 Å². The fourth-order valence-corrected chi connectivity index (χ4v) is 3.85. The third kappa shape index (κ3) is 5.76. The average Bonchev–Trinajstić information content (AvgIpc) is 2.97. The zero-order valence-electron chi connectivity index (χ0n) is 17.4. The number of amides is 1. The van der Waals surface area contributed by atoms with Gasteiger partial charge in [0.05, 0.1) is 24.9 Å². The number of carboxylic acid groups (broad SMARTS) is 1. The maximum atomic E-state index is 12.9. The number of piperidine rings is 1. The van der Waals surface area contributed by atoms with Crippen LogP contribution >= 0.6 is 0 Å². The Hall–Kier alpha value is -2.52. The first-order valence-corrected chi connectivity index (χ1v) is 10.5. The summed E-state index contributed by atoms with van der Waals surface area (Å²) in [5.41, 5.74) is 1.18. The van der Waals surface area contributed by atoms with Crippen molar-refractivity contribution < 1.29 is 29.3 Å². The molecule has 1 aromatic carbocycles. The molecule has 2 aliphatic heterocycles. The Balaban J connectivity index is 1.56. The summed E-state index contributed by atoms with van der Waals surface area (Å²) in [7, 11) is 1.78. The van der Waals surface area contributed by atoms with Crippen molar-refractivity contribution in [1.82, 2.24) is 10.2 Å². The molecule has 0 aliphatic carbocycles. The van der Waals surface area contributed by atoms with Gasteiger partial charge in [-0.2, -0.15) is 0 Å². The molecule has 30 heavy (non-hydrogen) atoms. The minimum Gasteiger partial charge on any atom is -0.489 e. The predicted molar refractivity (Wildman–Crippen MR) is 111 cm³/mol. The number of benzene rings is 1. The van der Waals surface area contributed by atoms with Gasteiger partial charge in [0.2, 0.25) is 0 Å². The molecule has 0 spiro atoms. The highest BCUT2D eigenvalue weighted by molar-refractivity contribution is 5.99. The van der Waals surface area contributed by atoms with E-state index >= 15 is 0 Å². The lowest BCUT2D eigenvalue weighted by Gasteiger charge is -2.36. The molecule has 9 heteroatoms. The van der Waals surface area contributed by atoms with Gasteiger partial charge in [-0.05, 0) is 32.0 Å². The quantitative estimate of drug-likeness (QED) is 0.494. The summed E-state index contributed by atoms with van der Waals surface area (Å²) in [5.74, 6) is -0.0994. The van der Waals surface area contributed by atoms with Crippen LogP contribution in [0.4, 0.5) is 5.69 Å². The van der Waals surface area contributed by atoms with Gasteiger partial charge >= 0.3 is 5.97 Å². The number of rotatable bonds is 8. The van der Waals surface area contributed by atoms with Crippen LogP contribution in [0.1, 0.15) is 36.0 Å². The highest BCUT2D eigenvalue weighted by Crippen LogP contribution is 2.36. The van der Waals surface area contributed by atoms with Gasteiger partial charge in [-0.1, -0.05) is 0 Å². The Morgan fingerprint density at radius 2 is 2.07 bits per heavy atom. The molecular weight excluding hydrogens is 390 g/mol. The lowest BCUT2D eigenvalue weighted by molar-refractivity contribution is -0.137. The minimum absolute atomic E-state index is 0.0482. The summed E-state index contributed by atoms with van der Waals surface area (Å²) in [5, 5.41) is 25.2. The third-order valence-corrected chi connectivity index (χ3v) is 5.58. The van der Waals surface area contributed by atoms with Crippen LogP contribution in [0.5, 0.6) is 11.5 Å². The van der Waals surface area contributed by atoms with E-state index in [1.807, 2.05) is 6.07 Å². The first-order chi connectivity index (χ1) is 14.5. The smallest absolute Gasteiger partial charge is 0.303 e. The SMILES string of the molecule is CNc1cc2c(c(C(=O)NC[C@@H]3CCN(CCCC(=O)O)C[C@H]3O)c1)OCCCO2. The monoisotopic (exact) mass is 421 g/mol. The van der Waals surface area contributed by atoms with Gasteiger partial charge in [0.1, 0.15) is 0 Å². The zero-order chi connectivity index (χ0) is 21.5. The van der Waals surface area contributed by atoms with Gasteiger partial charge in [-0.15, -0.1) is 0 Å². The van der Waals surface area contributed by atoms with Crippen molar-refractivity contribution in [3.8, 4) is 11.5 Å².